The number of aliphatic imine (C=N–C) groups is 1. The normalized spacial score (nSPS) is 15.1. The fourth-order valence-corrected chi connectivity index (χ4v) is 1.89. The minimum Gasteiger partial charge on any atom is -0.479 e. The Bertz CT molecular complexity index is 809. The SMILES string of the molecule is O=C(O)C(O)C(O)C(=O)O.c1ccc2nc(NC3=NCCN3)cnc2c1. The van der Waals surface area contributed by atoms with Crippen molar-refractivity contribution in [2.45, 2.75) is 12.2 Å². The lowest BCUT2D eigenvalue weighted by molar-refractivity contribution is -0.165. The minimum absolute atomic E-state index is 0.715. The summed E-state index contributed by atoms with van der Waals surface area (Å²) in [6.07, 6.45) is -2.82. The number of hydrogen-bond donors (Lipinski definition) is 6. The maximum absolute atomic E-state index is 9.77. The first kappa shape index (κ1) is 19.0. The molecular formula is C15H17N5O6. The molecule has 11 nitrogen and oxygen atoms in total. The molecular weight excluding hydrogens is 346 g/mol. The Labute approximate surface area is 147 Å². The lowest BCUT2D eigenvalue weighted by atomic mass is 10.2. The molecule has 2 unspecified atom stereocenters. The summed E-state index contributed by atoms with van der Waals surface area (Å²) in [5.74, 6) is -2.05. The summed E-state index contributed by atoms with van der Waals surface area (Å²) in [5.41, 5.74) is 1.78. The first-order valence-corrected chi connectivity index (χ1v) is 7.47. The van der Waals surface area contributed by atoms with E-state index in [2.05, 4.69) is 25.6 Å². The van der Waals surface area contributed by atoms with Gasteiger partial charge in [-0.05, 0) is 12.1 Å². The lowest BCUT2D eigenvalue weighted by Crippen LogP contribution is -2.39. The Morgan fingerprint density at radius 3 is 2.23 bits per heavy atom. The molecule has 0 saturated carbocycles. The smallest absolute Gasteiger partial charge is 0.335 e. The van der Waals surface area contributed by atoms with Crippen LogP contribution >= 0.6 is 0 Å². The van der Waals surface area contributed by atoms with Gasteiger partial charge in [0.1, 0.15) is 0 Å². The van der Waals surface area contributed by atoms with Crippen molar-refractivity contribution in [2.24, 2.45) is 4.99 Å². The number of hydrogen-bond acceptors (Lipinski definition) is 9. The van der Waals surface area contributed by atoms with Gasteiger partial charge in [-0.3, -0.25) is 9.98 Å². The van der Waals surface area contributed by atoms with Crippen LogP contribution in [0.3, 0.4) is 0 Å². The fourth-order valence-electron chi connectivity index (χ4n) is 1.89. The second-order valence-electron chi connectivity index (χ2n) is 5.09. The molecule has 0 saturated heterocycles. The van der Waals surface area contributed by atoms with E-state index in [0.717, 1.165) is 30.1 Å². The number of rotatable bonds is 4. The van der Waals surface area contributed by atoms with Gasteiger partial charge in [-0.1, -0.05) is 12.1 Å². The Balaban J connectivity index is 0.000000213. The van der Waals surface area contributed by atoms with Gasteiger partial charge in [0.05, 0.1) is 23.8 Å². The molecule has 1 aliphatic heterocycles. The van der Waals surface area contributed by atoms with Crippen LogP contribution in [-0.2, 0) is 9.59 Å². The highest BCUT2D eigenvalue weighted by Crippen LogP contribution is 2.11. The third kappa shape index (κ3) is 5.09. The van der Waals surface area contributed by atoms with Crippen molar-refractivity contribution in [3.8, 4) is 0 Å². The number of benzene rings is 1. The van der Waals surface area contributed by atoms with E-state index in [1.807, 2.05) is 24.3 Å². The Kier molecular flexibility index (Phi) is 6.36. The lowest BCUT2D eigenvalue weighted by Gasteiger charge is -2.07. The zero-order valence-electron chi connectivity index (χ0n) is 13.4. The molecule has 0 spiro atoms. The van der Waals surface area contributed by atoms with Gasteiger partial charge < -0.3 is 31.1 Å². The van der Waals surface area contributed by atoms with E-state index in [0.29, 0.717) is 5.82 Å². The van der Waals surface area contributed by atoms with E-state index in [4.69, 9.17) is 20.4 Å². The van der Waals surface area contributed by atoms with Crippen molar-refractivity contribution in [3.05, 3.63) is 30.5 Å². The van der Waals surface area contributed by atoms with Crippen LogP contribution < -0.4 is 10.6 Å². The number of aliphatic hydroxyl groups is 2. The molecule has 26 heavy (non-hydrogen) atoms. The maximum Gasteiger partial charge on any atom is 0.335 e. The molecule has 3 rings (SSSR count). The van der Waals surface area contributed by atoms with Crippen LogP contribution in [0.5, 0.6) is 0 Å². The maximum atomic E-state index is 9.77. The molecule has 6 N–H and O–H groups in total. The molecule has 1 aromatic heterocycles. The number of carboxylic acids is 2. The van der Waals surface area contributed by atoms with Crippen molar-refractivity contribution >= 4 is 34.7 Å². The van der Waals surface area contributed by atoms with Gasteiger partial charge in [0, 0.05) is 6.54 Å². The molecule has 0 bridgehead atoms. The number of nitrogens with one attached hydrogen (secondary N) is 2. The molecule has 2 aromatic rings. The van der Waals surface area contributed by atoms with Crippen molar-refractivity contribution in [3.63, 3.8) is 0 Å². The predicted molar refractivity (Wildman–Crippen MR) is 90.8 cm³/mol. The second kappa shape index (κ2) is 8.69. The predicted octanol–water partition coefficient (Wildman–Crippen LogP) is -1.12. The summed E-state index contributed by atoms with van der Waals surface area (Å²) in [7, 11) is 0. The summed E-state index contributed by atoms with van der Waals surface area (Å²) in [6.45, 7) is 1.69. The van der Waals surface area contributed by atoms with Crippen LogP contribution in [0, 0.1) is 0 Å². The quantitative estimate of drug-likeness (QED) is 0.390. The van der Waals surface area contributed by atoms with Crippen LogP contribution in [0.15, 0.2) is 35.5 Å². The fraction of sp³-hybridized carbons (Fsp3) is 0.267. The topological polar surface area (TPSA) is 177 Å². The Morgan fingerprint density at radius 2 is 1.69 bits per heavy atom. The van der Waals surface area contributed by atoms with E-state index in [9.17, 15) is 9.59 Å². The zero-order chi connectivity index (χ0) is 19.1. The first-order valence-electron chi connectivity index (χ1n) is 7.47. The standard InChI is InChI=1S/C11H11N5.C4H6O6/c1-2-4-9-8(3-1)14-7-10(15-9)16-11-12-5-6-13-11;5-1(3(7)8)2(6)4(9)10/h1-4,7H,5-6H2,(H2,12,13,15,16);1-2,5-6H,(H,7,8)(H,9,10). The van der Waals surface area contributed by atoms with Crippen LogP contribution in [-0.4, -0.2) is 73.6 Å². The second-order valence-corrected chi connectivity index (χ2v) is 5.09. The van der Waals surface area contributed by atoms with Gasteiger partial charge >= 0.3 is 11.9 Å². The number of aliphatic carboxylic acids is 2. The number of para-hydroxylation sites is 2. The molecule has 11 heteroatoms. The summed E-state index contributed by atoms with van der Waals surface area (Å²) < 4.78 is 0. The van der Waals surface area contributed by atoms with Crippen molar-refractivity contribution in [1.29, 1.82) is 0 Å². The number of guanidine groups is 1. The molecule has 2 heterocycles. The van der Waals surface area contributed by atoms with Crippen LogP contribution in [0.25, 0.3) is 11.0 Å². The van der Waals surface area contributed by atoms with Gasteiger partial charge in [-0.25, -0.2) is 14.6 Å². The molecule has 0 aliphatic carbocycles. The Morgan fingerprint density at radius 1 is 1.08 bits per heavy atom. The highest BCUT2D eigenvalue weighted by atomic mass is 16.4. The number of nitrogens with zero attached hydrogens (tertiary/aromatic N) is 3. The molecule has 138 valence electrons. The first-order chi connectivity index (χ1) is 12.4. The van der Waals surface area contributed by atoms with Crippen LogP contribution in [0.1, 0.15) is 0 Å². The summed E-state index contributed by atoms with van der Waals surface area (Å²) in [5, 5.41) is 38.7. The molecule has 0 fully saturated rings. The van der Waals surface area contributed by atoms with E-state index in [-0.39, 0.29) is 0 Å². The average molecular weight is 363 g/mol. The summed E-state index contributed by atoms with van der Waals surface area (Å²) in [4.78, 5) is 32.5. The van der Waals surface area contributed by atoms with Gasteiger partial charge in [0.2, 0.25) is 0 Å². The van der Waals surface area contributed by atoms with Crippen molar-refractivity contribution in [1.82, 2.24) is 15.3 Å². The van der Waals surface area contributed by atoms with Crippen molar-refractivity contribution < 1.29 is 30.0 Å². The third-order valence-corrected chi connectivity index (χ3v) is 3.17. The molecule has 1 aromatic carbocycles. The van der Waals surface area contributed by atoms with E-state index in [1.165, 1.54) is 0 Å². The van der Waals surface area contributed by atoms with Gasteiger partial charge in [-0.2, -0.15) is 0 Å². The van der Waals surface area contributed by atoms with E-state index < -0.39 is 24.1 Å². The van der Waals surface area contributed by atoms with Crippen LogP contribution in [0.4, 0.5) is 5.82 Å². The summed E-state index contributed by atoms with van der Waals surface area (Å²) >= 11 is 0. The summed E-state index contributed by atoms with van der Waals surface area (Å²) in [6, 6.07) is 7.79. The molecule has 2 atom stereocenters. The average Bonchev–Trinajstić information content (AvgIpc) is 3.13. The number of anilines is 1. The number of carbonyl (C=O) groups is 2. The van der Waals surface area contributed by atoms with Crippen LogP contribution in [0.2, 0.25) is 0 Å². The number of carboxylic acid groups (broad SMARTS) is 2. The monoisotopic (exact) mass is 363 g/mol. The largest absolute Gasteiger partial charge is 0.479 e. The van der Waals surface area contributed by atoms with Gasteiger partial charge in [0.25, 0.3) is 0 Å². The number of fused-ring (bicyclic) bond motifs is 1. The Hall–Kier alpha value is -3.31. The van der Waals surface area contributed by atoms with Gasteiger partial charge in [0.15, 0.2) is 24.0 Å². The highest BCUT2D eigenvalue weighted by molar-refractivity contribution is 5.94. The molecule has 0 amide bonds. The minimum atomic E-state index is -2.27. The molecule has 1 aliphatic rings. The third-order valence-electron chi connectivity index (χ3n) is 3.17. The number of aliphatic hydroxyl groups excluding tert-OH is 2. The van der Waals surface area contributed by atoms with E-state index >= 15 is 0 Å². The number of aromatic nitrogens is 2. The molecule has 0 radical (unpaired) electrons. The highest BCUT2D eigenvalue weighted by Gasteiger charge is 2.29. The zero-order valence-corrected chi connectivity index (χ0v) is 13.4. The van der Waals surface area contributed by atoms with Crippen molar-refractivity contribution in [2.75, 3.05) is 18.4 Å². The van der Waals surface area contributed by atoms with E-state index in [1.54, 1.807) is 6.20 Å². The van der Waals surface area contributed by atoms with Gasteiger partial charge in [-0.15, -0.1) is 0 Å².